The standard InChI is InChI=1S/C6H5NO3.C3H6/c8-6-4-2-1-3-5(6)7(9)10;1-3-2/h1-4,8H;3H,1H2,2H3. The molecule has 0 amide bonds. The van der Waals surface area contributed by atoms with Gasteiger partial charge in [0, 0.05) is 6.07 Å². The minimum atomic E-state index is -0.630. The highest BCUT2D eigenvalue weighted by Crippen LogP contribution is 2.23. The van der Waals surface area contributed by atoms with Gasteiger partial charge >= 0.3 is 5.69 Å². The SMILES string of the molecule is C=CC.O=[N+]([O-])c1ccccc1O. The lowest BCUT2D eigenvalue weighted by Crippen LogP contribution is -1.86. The summed E-state index contributed by atoms with van der Waals surface area (Å²) in [5.74, 6) is -0.299. The van der Waals surface area contributed by atoms with E-state index in [1.165, 1.54) is 24.3 Å². The molecule has 0 aliphatic rings. The molecule has 0 saturated carbocycles. The van der Waals surface area contributed by atoms with E-state index < -0.39 is 4.92 Å². The first-order valence-electron chi connectivity index (χ1n) is 3.63. The molecule has 0 aliphatic heterocycles. The number of hydrogen-bond donors (Lipinski definition) is 1. The molecular formula is C9H11NO3. The van der Waals surface area contributed by atoms with Gasteiger partial charge in [0.2, 0.25) is 0 Å². The minimum absolute atomic E-state index is 0.262. The monoisotopic (exact) mass is 181 g/mol. The van der Waals surface area contributed by atoms with E-state index in [1.807, 2.05) is 6.92 Å². The van der Waals surface area contributed by atoms with E-state index in [0.29, 0.717) is 0 Å². The fourth-order valence-corrected chi connectivity index (χ4v) is 0.619. The van der Waals surface area contributed by atoms with Crippen LogP contribution < -0.4 is 0 Å². The Hall–Kier alpha value is -1.84. The predicted octanol–water partition coefficient (Wildman–Crippen LogP) is 2.49. The molecule has 1 aromatic carbocycles. The Bertz CT molecular complexity index is 297. The summed E-state index contributed by atoms with van der Waals surface area (Å²) in [4.78, 5) is 9.44. The molecule has 1 aromatic rings. The quantitative estimate of drug-likeness (QED) is 0.411. The summed E-state index contributed by atoms with van der Waals surface area (Å²) in [6.45, 7) is 5.25. The van der Waals surface area contributed by atoms with Gasteiger partial charge in [-0.2, -0.15) is 0 Å². The van der Waals surface area contributed by atoms with Crippen molar-refractivity contribution >= 4 is 5.69 Å². The maximum atomic E-state index is 10.1. The van der Waals surface area contributed by atoms with Gasteiger partial charge in [0.05, 0.1) is 4.92 Å². The van der Waals surface area contributed by atoms with Gasteiger partial charge < -0.3 is 5.11 Å². The van der Waals surface area contributed by atoms with Crippen LogP contribution in [0.15, 0.2) is 36.9 Å². The molecule has 1 rings (SSSR count). The lowest BCUT2D eigenvalue weighted by molar-refractivity contribution is -0.385. The van der Waals surface area contributed by atoms with Crippen molar-refractivity contribution in [3.63, 3.8) is 0 Å². The Morgan fingerprint density at radius 3 is 2.31 bits per heavy atom. The van der Waals surface area contributed by atoms with Crippen LogP contribution in [0.5, 0.6) is 5.75 Å². The first kappa shape index (κ1) is 11.2. The second-order valence-corrected chi connectivity index (χ2v) is 2.15. The zero-order valence-corrected chi connectivity index (χ0v) is 7.30. The summed E-state index contributed by atoms with van der Waals surface area (Å²) in [7, 11) is 0. The van der Waals surface area contributed by atoms with Crippen LogP contribution in [0, 0.1) is 10.1 Å². The van der Waals surface area contributed by atoms with Crippen molar-refractivity contribution in [3.8, 4) is 5.75 Å². The van der Waals surface area contributed by atoms with Gasteiger partial charge in [0.25, 0.3) is 0 Å². The van der Waals surface area contributed by atoms with Crippen LogP contribution in [-0.2, 0) is 0 Å². The molecule has 0 unspecified atom stereocenters. The number of hydrogen-bond acceptors (Lipinski definition) is 3. The van der Waals surface area contributed by atoms with Crippen molar-refractivity contribution in [1.82, 2.24) is 0 Å². The Morgan fingerprint density at radius 1 is 1.54 bits per heavy atom. The van der Waals surface area contributed by atoms with Gasteiger partial charge in [-0.05, 0) is 13.0 Å². The lowest BCUT2D eigenvalue weighted by atomic mass is 10.3. The normalized spacial score (nSPS) is 8.08. The van der Waals surface area contributed by atoms with Gasteiger partial charge in [-0.15, -0.1) is 6.58 Å². The second kappa shape index (κ2) is 5.77. The smallest absolute Gasteiger partial charge is 0.310 e. The lowest BCUT2D eigenvalue weighted by Gasteiger charge is -1.91. The minimum Gasteiger partial charge on any atom is -0.502 e. The molecule has 0 heterocycles. The first-order valence-corrected chi connectivity index (χ1v) is 3.63. The summed E-state index contributed by atoms with van der Waals surface area (Å²) < 4.78 is 0. The third kappa shape index (κ3) is 3.91. The number of benzene rings is 1. The second-order valence-electron chi connectivity index (χ2n) is 2.15. The molecule has 0 aromatic heterocycles. The number of aromatic hydroxyl groups is 1. The third-order valence-corrected chi connectivity index (χ3v) is 1.08. The largest absolute Gasteiger partial charge is 0.502 e. The number of phenolic OH excluding ortho intramolecular Hbond substituents is 1. The Kier molecular flexibility index (Phi) is 4.95. The van der Waals surface area contributed by atoms with E-state index in [4.69, 9.17) is 5.11 Å². The number of allylic oxidation sites excluding steroid dienone is 1. The summed E-state index contributed by atoms with van der Waals surface area (Å²) in [5, 5.41) is 18.9. The number of phenols is 1. The van der Waals surface area contributed by atoms with Gasteiger partial charge in [0.15, 0.2) is 5.75 Å². The molecule has 0 fully saturated rings. The average Bonchev–Trinajstić information content (AvgIpc) is 2.06. The molecule has 0 atom stereocenters. The van der Waals surface area contributed by atoms with E-state index in [0.717, 1.165) is 0 Å². The highest BCUT2D eigenvalue weighted by molar-refractivity contribution is 5.44. The maximum absolute atomic E-state index is 10.1. The topological polar surface area (TPSA) is 63.4 Å². The summed E-state index contributed by atoms with van der Waals surface area (Å²) in [6, 6.07) is 5.55. The first-order chi connectivity index (χ1) is 6.13. The Balaban J connectivity index is 0.000000424. The Morgan fingerprint density at radius 2 is 2.00 bits per heavy atom. The van der Waals surface area contributed by atoms with Crippen LogP contribution in [-0.4, -0.2) is 10.0 Å². The molecule has 70 valence electrons. The van der Waals surface area contributed by atoms with E-state index >= 15 is 0 Å². The number of nitro groups is 1. The number of rotatable bonds is 1. The van der Waals surface area contributed by atoms with Crippen molar-refractivity contribution < 1.29 is 10.0 Å². The van der Waals surface area contributed by atoms with Crippen LogP contribution in [0.2, 0.25) is 0 Å². The fraction of sp³-hybridized carbons (Fsp3) is 0.111. The van der Waals surface area contributed by atoms with Crippen LogP contribution in [0.4, 0.5) is 5.69 Å². The maximum Gasteiger partial charge on any atom is 0.310 e. The van der Waals surface area contributed by atoms with E-state index in [2.05, 4.69) is 6.58 Å². The summed E-state index contributed by atoms with van der Waals surface area (Å²) in [6.07, 6.45) is 1.75. The molecule has 1 N–H and O–H groups in total. The van der Waals surface area contributed by atoms with Crippen molar-refractivity contribution in [2.45, 2.75) is 6.92 Å². The average molecular weight is 181 g/mol. The third-order valence-electron chi connectivity index (χ3n) is 1.08. The van der Waals surface area contributed by atoms with Crippen LogP contribution in [0.1, 0.15) is 6.92 Å². The summed E-state index contributed by atoms with van der Waals surface area (Å²) >= 11 is 0. The number of para-hydroxylation sites is 2. The molecule has 0 aliphatic carbocycles. The van der Waals surface area contributed by atoms with Crippen molar-refractivity contribution in [1.29, 1.82) is 0 Å². The molecule has 4 nitrogen and oxygen atoms in total. The van der Waals surface area contributed by atoms with Crippen LogP contribution >= 0.6 is 0 Å². The molecule has 4 heteroatoms. The highest BCUT2D eigenvalue weighted by Gasteiger charge is 2.09. The zero-order chi connectivity index (χ0) is 10.3. The van der Waals surface area contributed by atoms with Crippen LogP contribution in [0.3, 0.4) is 0 Å². The van der Waals surface area contributed by atoms with Gasteiger partial charge in [-0.3, -0.25) is 10.1 Å². The van der Waals surface area contributed by atoms with E-state index in [9.17, 15) is 10.1 Å². The highest BCUT2D eigenvalue weighted by atomic mass is 16.6. The molecule has 0 spiro atoms. The van der Waals surface area contributed by atoms with E-state index in [1.54, 1.807) is 6.08 Å². The fourth-order valence-electron chi connectivity index (χ4n) is 0.619. The van der Waals surface area contributed by atoms with Crippen LogP contribution in [0.25, 0.3) is 0 Å². The van der Waals surface area contributed by atoms with Gasteiger partial charge in [-0.1, -0.05) is 18.2 Å². The van der Waals surface area contributed by atoms with Gasteiger partial charge in [0.1, 0.15) is 0 Å². The number of nitrogens with zero attached hydrogens (tertiary/aromatic N) is 1. The van der Waals surface area contributed by atoms with E-state index in [-0.39, 0.29) is 11.4 Å². The van der Waals surface area contributed by atoms with Crippen molar-refractivity contribution in [3.05, 3.63) is 47.0 Å². The molecule has 0 saturated heterocycles. The van der Waals surface area contributed by atoms with Gasteiger partial charge in [-0.25, -0.2) is 0 Å². The zero-order valence-electron chi connectivity index (χ0n) is 7.30. The molecule has 13 heavy (non-hydrogen) atoms. The number of nitro benzene ring substituents is 1. The molecular weight excluding hydrogens is 170 g/mol. The predicted molar refractivity (Wildman–Crippen MR) is 50.6 cm³/mol. The van der Waals surface area contributed by atoms with Crippen molar-refractivity contribution in [2.75, 3.05) is 0 Å². The summed E-state index contributed by atoms with van der Waals surface area (Å²) in [5.41, 5.74) is -0.262. The molecule has 0 bridgehead atoms. The van der Waals surface area contributed by atoms with Crippen molar-refractivity contribution in [2.24, 2.45) is 0 Å². The Labute approximate surface area is 76.3 Å². The molecule has 0 radical (unpaired) electrons.